The minimum atomic E-state index is -1.04. The van der Waals surface area contributed by atoms with E-state index in [1.807, 2.05) is 55.6 Å². The second-order valence-electron chi connectivity index (χ2n) is 4.40. The first-order valence-corrected chi connectivity index (χ1v) is 8.78. The monoisotopic (exact) mass is 314 g/mol. The van der Waals surface area contributed by atoms with Crippen LogP contribution < -0.4 is 0 Å². The van der Waals surface area contributed by atoms with Gasteiger partial charge in [-0.15, -0.1) is 0 Å². The Morgan fingerprint density at radius 1 is 1.10 bits per heavy atom. The fraction of sp³-hybridized carbons (Fsp3) is 0.125. The van der Waals surface area contributed by atoms with Crippen LogP contribution in [0.25, 0.3) is 21.7 Å². The largest absolute Gasteiger partial charge is 0.610 e. The molecule has 0 radical (unpaired) electrons. The second-order valence-corrected chi connectivity index (χ2v) is 7.31. The van der Waals surface area contributed by atoms with Gasteiger partial charge in [-0.05, 0) is 13.0 Å². The maximum Gasteiger partial charge on any atom is 0.302 e. The first-order valence-electron chi connectivity index (χ1n) is 6.64. The third-order valence-corrected chi connectivity index (χ3v) is 5.75. The zero-order valence-corrected chi connectivity index (χ0v) is 13.2. The third kappa shape index (κ3) is 3.00. The maximum absolute atomic E-state index is 12.1. The Morgan fingerprint density at radius 2 is 1.86 bits per heavy atom. The van der Waals surface area contributed by atoms with E-state index >= 15 is 0 Å². The second kappa shape index (κ2) is 6.39. The molecular formula is C16H14N2OS2. The van der Waals surface area contributed by atoms with Gasteiger partial charge in [-0.1, -0.05) is 47.7 Å². The van der Waals surface area contributed by atoms with Crippen molar-refractivity contribution in [2.75, 3.05) is 5.75 Å². The Morgan fingerprint density at radius 3 is 2.52 bits per heavy atom. The Kier molecular flexibility index (Phi) is 4.34. The van der Waals surface area contributed by atoms with Gasteiger partial charge >= 0.3 is 4.34 Å². The Hall–Kier alpha value is -1.69. The van der Waals surface area contributed by atoms with E-state index in [4.69, 9.17) is 0 Å². The molecule has 21 heavy (non-hydrogen) atoms. The van der Waals surface area contributed by atoms with Crippen LogP contribution in [0.1, 0.15) is 6.92 Å². The molecule has 0 aliphatic heterocycles. The van der Waals surface area contributed by atoms with Crippen molar-refractivity contribution < 1.29 is 4.55 Å². The van der Waals surface area contributed by atoms with Crippen LogP contribution in [0.2, 0.25) is 0 Å². The lowest BCUT2D eigenvalue weighted by atomic mass is 10.1. The first kappa shape index (κ1) is 14.3. The molecule has 0 bridgehead atoms. The molecule has 106 valence electrons. The fourth-order valence-corrected chi connectivity index (χ4v) is 4.23. The highest BCUT2D eigenvalue weighted by atomic mass is 32.2. The van der Waals surface area contributed by atoms with E-state index in [0.717, 1.165) is 21.7 Å². The van der Waals surface area contributed by atoms with E-state index < -0.39 is 11.2 Å². The molecule has 3 aromatic rings. The van der Waals surface area contributed by atoms with Crippen molar-refractivity contribution >= 4 is 22.5 Å². The van der Waals surface area contributed by atoms with E-state index in [-0.39, 0.29) is 0 Å². The van der Waals surface area contributed by atoms with Crippen LogP contribution in [0, 0.1) is 0 Å². The summed E-state index contributed by atoms with van der Waals surface area (Å²) in [7, 11) is 0. The van der Waals surface area contributed by atoms with Gasteiger partial charge in [0, 0.05) is 34.7 Å². The lowest BCUT2D eigenvalue weighted by molar-refractivity contribution is 0.595. The predicted octanol–water partition coefficient (Wildman–Crippen LogP) is 4.00. The van der Waals surface area contributed by atoms with Gasteiger partial charge in [0.25, 0.3) is 0 Å². The molecule has 0 aliphatic carbocycles. The lowest BCUT2D eigenvalue weighted by Crippen LogP contribution is -2.02. The van der Waals surface area contributed by atoms with Gasteiger partial charge in [0.05, 0.1) is 10.6 Å². The predicted molar refractivity (Wildman–Crippen MR) is 87.7 cm³/mol. The number of hydrogen-bond donors (Lipinski definition) is 0. The van der Waals surface area contributed by atoms with Crippen LogP contribution >= 0.6 is 11.3 Å². The molecule has 2 heterocycles. The van der Waals surface area contributed by atoms with Gasteiger partial charge < -0.3 is 4.55 Å². The van der Waals surface area contributed by atoms with E-state index in [1.165, 1.54) is 11.3 Å². The van der Waals surface area contributed by atoms with Gasteiger partial charge in [0.2, 0.25) is 0 Å². The number of benzene rings is 1. The molecule has 2 aromatic heterocycles. The van der Waals surface area contributed by atoms with E-state index in [9.17, 15) is 4.55 Å². The lowest BCUT2D eigenvalue weighted by Gasteiger charge is -2.01. The van der Waals surface area contributed by atoms with Crippen molar-refractivity contribution in [1.29, 1.82) is 0 Å². The SMILES string of the molecule is CC[S+]([O-])c1nc(-c2ccccc2)c(-c2cccnc2)s1. The number of hydrogen-bond acceptors (Lipinski definition) is 4. The number of aromatic nitrogens is 2. The highest BCUT2D eigenvalue weighted by Crippen LogP contribution is 2.38. The van der Waals surface area contributed by atoms with Crippen LogP contribution in [0.4, 0.5) is 0 Å². The standard InChI is InChI=1S/C16H14N2OS2/c1-2-21(19)16-18-14(12-7-4-3-5-8-12)15(20-16)13-9-6-10-17-11-13/h3-11H,2H2,1H3. The number of thiazole rings is 1. The molecule has 0 spiro atoms. The summed E-state index contributed by atoms with van der Waals surface area (Å²) < 4.78 is 12.8. The van der Waals surface area contributed by atoms with Gasteiger partial charge in [0.15, 0.2) is 0 Å². The number of pyridine rings is 1. The average molecular weight is 314 g/mol. The molecule has 3 nitrogen and oxygen atoms in total. The highest BCUT2D eigenvalue weighted by molar-refractivity contribution is 7.93. The van der Waals surface area contributed by atoms with Crippen LogP contribution in [-0.2, 0) is 11.2 Å². The van der Waals surface area contributed by atoms with Crippen molar-refractivity contribution in [1.82, 2.24) is 9.97 Å². The van der Waals surface area contributed by atoms with Crippen LogP contribution in [0.3, 0.4) is 0 Å². The summed E-state index contributed by atoms with van der Waals surface area (Å²) in [6.45, 7) is 1.91. The molecule has 0 saturated heterocycles. The zero-order valence-electron chi connectivity index (χ0n) is 11.5. The Balaban J connectivity index is 2.15. The van der Waals surface area contributed by atoms with Crippen molar-refractivity contribution in [2.45, 2.75) is 11.3 Å². The van der Waals surface area contributed by atoms with Gasteiger partial charge in [-0.2, -0.15) is 4.98 Å². The summed E-state index contributed by atoms with van der Waals surface area (Å²) in [5.41, 5.74) is 2.92. The molecule has 0 amide bonds. The van der Waals surface area contributed by atoms with E-state index in [1.54, 1.807) is 6.20 Å². The van der Waals surface area contributed by atoms with Gasteiger partial charge in [-0.3, -0.25) is 4.98 Å². The summed E-state index contributed by atoms with van der Waals surface area (Å²) in [5, 5.41) is 0. The van der Waals surface area contributed by atoms with Crippen molar-refractivity contribution in [3.63, 3.8) is 0 Å². The molecule has 0 fully saturated rings. The van der Waals surface area contributed by atoms with Gasteiger partial charge in [-0.25, -0.2) is 0 Å². The van der Waals surface area contributed by atoms with Crippen LogP contribution in [-0.4, -0.2) is 20.3 Å². The Bertz CT molecular complexity index is 657. The molecular weight excluding hydrogens is 300 g/mol. The molecule has 1 atom stereocenters. The first-order chi connectivity index (χ1) is 10.3. The fourth-order valence-electron chi connectivity index (χ4n) is 2.01. The number of rotatable bonds is 4. The third-order valence-electron chi connectivity index (χ3n) is 3.04. The quantitative estimate of drug-likeness (QED) is 0.684. The van der Waals surface area contributed by atoms with Crippen LogP contribution in [0.15, 0.2) is 59.2 Å². The van der Waals surface area contributed by atoms with Gasteiger partial charge in [0.1, 0.15) is 5.75 Å². The minimum absolute atomic E-state index is 0.578. The normalized spacial score (nSPS) is 12.3. The zero-order chi connectivity index (χ0) is 14.7. The maximum atomic E-state index is 12.1. The summed E-state index contributed by atoms with van der Waals surface area (Å²) >= 11 is 0.448. The molecule has 1 unspecified atom stereocenters. The van der Waals surface area contributed by atoms with Crippen LogP contribution in [0.5, 0.6) is 0 Å². The molecule has 0 aliphatic rings. The average Bonchev–Trinajstić information content (AvgIpc) is 3.01. The van der Waals surface area contributed by atoms with Crippen molar-refractivity contribution in [3.05, 3.63) is 54.9 Å². The van der Waals surface area contributed by atoms with E-state index in [2.05, 4.69) is 9.97 Å². The summed E-state index contributed by atoms with van der Waals surface area (Å²) in [5.74, 6) is 0.578. The number of nitrogens with zero attached hydrogens (tertiary/aromatic N) is 2. The highest BCUT2D eigenvalue weighted by Gasteiger charge is 2.21. The summed E-state index contributed by atoms with van der Waals surface area (Å²) in [4.78, 5) is 9.81. The molecule has 5 heteroatoms. The van der Waals surface area contributed by atoms with Crippen molar-refractivity contribution in [3.8, 4) is 21.7 Å². The summed E-state index contributed by atoms with van der Waals surface area (Å²) in [6, 6.07) is 13.9. The topological polar surface area (TPSA) is 48.8 Å². The smallest absolute Gasteiger partial charge is 0.302 e. The molecule has 0 saturated carbocycles. The molecule has 0 N–H and O–H groups in total. The van der Waals surface area contributed by atoms with E-state index in [0.29, 0.717) is 10.1 Å². The van der Waals surface area contributed by atoms with Crippen molar-refractivity contribution in [2.24, 2.45) is 0 Å². The minimum Gasteiger partial charge on any atom is -0.610 e. The summed E-state index contributed by atoms with van der Waals surface area (Å²) in [6.07, 6.45) is 3.57. The molecule has 1 aromatic carbocycles. The molecule has 3 rings (SSSR count). The Labute approximate surface area is 130 Å².